The largest absolute Gasteiger partial charge is 0.135 e. The van der Waals surface area contributed by atoms with Crippen LogP contribution in [-0.2, 0) is 10.8 Å². The second kappa shape index (κ2) is 20.9. The minimum absolute atomic E-state index is 0.0559. The van der Waals surface area contributed by atoms with E-state index in [1.165, 1.54) is 215 Å². The monoisotopic (exact) mass is 949 g/mol. The summed E-state index contributed by atoms with van der Waals surface area (Å²) in [7, 11) is 0. The van der Waals surface area contributed by atoms with Crippen molar-refractivity contribution >= 4 is 53.1 Å². The smallest absolute Gasteiger partial charge is 0.0368 e. The van der Waals surface area contributed by atoms with E-state index in [0.29, 0.717) is 0 Å². The maximum absolute atomic E-state index is 2.66. The van der Waals surface area contributed by atoms with E-state index in [0.717, 1.165) is 0 Å². The maximum Gasteiger partial charge on any atom is 0.0368 e. The first kappa shape index (κ1) is 47.8. The highest BCUT2D eigenvalue weighted by Gasteiger charge is 2.44. The van der Waals surface area contributed by atoms with Crippen molar-refractivity contribution in [2.24, 2.45) is 0 Å². The quantitative estimate of drug-likeness (QED) is 0.0594. The Morgan fingerprint density at radius 3 is 1.01 bits per heavy atom. The van der Waals surface area contributed by atoms with Gasteiger partial charge in [0, 0.05) is 31.0 Å². The molecular formula is C70H76S. The molecule has 0 atom stereocenters. The molecule has 9 aromatic rings. The summed E-state index contributed by atoms with van der Waals surface area (Å²) in [5.74, 6) is 0. The van der Waals surface area contributed by atoms with Crippen LogP contribution in [0, 0.1) is 0 Å². The van der Waals surface area contributed by atoms with E-state index in [1.807, 2.05) is 11.3 Å². The van der Waals surface area contributed by atoms with Gasteiger partial charge in [0.05, 0.1) is 0 Å². The SMILES string of the molecule is CCCCCCC1(CCCCCC)c2ccccc2-c2ccc(-c3cc4sc5cc(-c6ccc7c(c6)C(CCCCCC)(CCCCCC)c6ccccc6-7)c6ccccc6c5c4c4ccccc34)cc21. The van der Waals surface area contributed by atoms with Crippen molar-refractivity contribution in [1.29, 1.82) is 0 Å². The number of unbranched alkanes of at least 4 members (excludes halogenated alkanes) is 12. The fourth-order valence-electron chi connectivity index (χ4n) is 14.0. The molecule has 1 heteroatoms. The van der Waals surface area contributed by atoms with Crippen LogP contribution in [0.1, 0.15) is 178 Å². The fourth-order valence-corrected chi connectivity index (χ4v) is 15.2. The van der Waals surface area contributed by atoms with Crippen LogP contribution >= 0.6 is 11.3 Å². The molecule has 362 valence electrons. The zero-order chi connectivity index (χ0) is 48.4. The third-order valence-electron chi connectivity index (χ3n) is 17.5. The Kier molecular flexibility index (Phi) is 14.1. The van der Waals surface area contributed by atoms with Crippen molar-refractivity contribution in [2.75, 3.05) is 0 Å². The second-order valence-electron chi connectivity index (χ2n) is 21.8. The molecular weight excluding hydrogens is 873 g/mol. The molecule has 1 aromatic heterocycles. The van der Waals surface area contributed by atoms with E-state index in [-0.39, 0.29) is 10.8 Å². The Bertz CT molecular complexity index is 3090. The third-order valence-corrected chi connectivity index (χ3v) is 18.6. The first-order valence-electron chi connectivity index (χ1n) is 28.3. The molecule has 71 heavy (non-hydrogen) atoms. The van der Waals surface area contributed by atoms with Crippen LogP contribution in [0.2, 0.25) is 0 Å². The molecule has 0 fully saturated rings. The van der Waals surface area contributed by atoms with Gasteiger partial charge in [-0.1, -0.05) is 252 Å². The summed E-state index contributed by atoms with van der Waals surface area (Å²) in [6.07, 6.45) is 25.7. The van der Waals surface area contributed by atoms with Gasteiger partial charge in [0.2, 0.25) is 0 Å². The average molecular weight is 949 g/mol. The minimum Gasteiger partial charge on any atom is -0.135 e. The lowest BCUT2D eigenvalue weighted by atomic mass is 9.70. The van der Waals surface area contributed by atoms with Crippen LogP contribution in [0.4, 0.5) is 0 Å². The Hall–Kier alpha value is -5.50. The Balaban J connectivity index is 1.06. The number of fused-ring (bicyclic) bond motifs is 13. The van der Waals surface area contributed by atoms with Crippen molar-refractivity contribution < 1.29 is 0 Å². The molecule has 0 saturated carbocycles. The van der Waals surface area contributed by atoms with Crippen molar-refractivity contribution in [3.63, 3.8) is 0 Å². The van der Waals surface area contributed by atoms with Crippen LogP contribution in [0.25, 0.3) is 86.2 Å². The first-order chi connectivity index (χ1) is 35.0. The highest BCUT2D eigenvalue weighted by atomic mass is 32.1. The van der Waals surface area contributed by atoms with E-state index in [2.05, 4.69) is 173 Å². The Labute approximate surface area is 430 Å². The molecule has 0 amide bonds. The molecule has 0 N–H and O–H groups in total. The van der Waals surface area contributed by atoms with Gasteiger partial charge in [-0.15, -0.1) is 11.3 Å². The molecule has 0 aliphatic heterocycles. The normalized spacial score (nSPS) is 14.1. The van der Waals surface area contributed by atoms with Crippen LogP contribution in [-0.4, -0.2) is 0 Å². The molecule has 0 spiro atoms. The van der Waals surface area contributed by atoms with Crippen LogP contribution in [0.3, 0.4) is 0 Å². The summed E-state index contributed by atoms with van der Waals surface area (Å²) >= 11 is 2.00. The van der Waals surface area contributed by atoms with Gasteiger partial charge < -0.3 is 0 Å². The molecule has 1 heterocycles. The van der Waals surface area contributed by atoms with Gasteiger partial charge in [-0.2, -0.15) is 0 Å². The van der Waals surface area contributed by atoms with E-state index in [4.69, 9.17) is 0 Å². The molecule has 0 unspecified atom stereocenters. The summed E-state index contributed by atoms with van der Waals surface area (Å²) in [5, 5.41) is 8.25. The highest BCUT2D eigenvalue weighted by molar-refractivity contribution is 7.26. The van der Waals surface area contributed by atoms with Crippen LogP contribution < -0.4 is 0 Å². The van der Waals surface area contributed by atoms with E-state index < -0.39 is 0 Å². The number of hydrogen-bond donors (Lipinski definition) is 0. The van der Waals surface area contributed by atoms with Crippen molar-refractivity contribution in [2.45, 2.75) is 167 Å². The van der Waals surface area contributed by atoms with Gasteiger partial charge >= 0.3 is 0 Å². The maximum atomic E-state index is 2.66. The van der Waals surface area contributed by atoms with Crippen molar-refractivity contribution in [3.05, 3.63) is 168 Å². The average Bonchev–Trinajstić information content (AvgIpc) is 4.03. The van der Waals surface area contributed by atoms with Gasteiger partial charge in [0.1, 0.15) is 0 Å². The number of thiophene rings is 1. The zero-order valence-corrected chi connectivity index (χ0v) is 44.2. The van der Waals surface area contributed by atoms with Gasteiger partial charge in [-0.25, -0.2) is 0 Å². The molecule has 0 radical (unpaired) electrons. The number of rotatable bonds is 22. The summed E-state index contributed by atoms with van der Waals surface area (Å²) < 4.78 is 2.76. The number of hydrogen-bond acceptors (Lipinski definition) is 1. The molecule has 0 bridgehead atoms. The minimum atomic E-state index is 0.0559. The van der Waals surface area contributed by atoms with E-state index in [1.54, 1.807) is 22.3 Å². The van der Waals surface area contributed by atoms with E-state index in [9.17, 15) is 0 Å². The van der Waals surface area contributed by atoms with Crippen LogP contribution in [0.5, 0.6) is 0 Å². The lowest BCUT2D eigenvalue weighted by Gasteiger charge is -2.33. The summed E-state index contributed by atoms with van der Waals surface area (Å²) in [6.45, 7) is 9.37. The number of benzene rings is 8. The van der Waals surface area contributed by atoms with E-state index >= 15 is 0 Å². The Morgan fingerprint density at radius 2 is 0.634 bits per heavy atom. The summed E-state index contributed by atoms with van der Waals surface area (Å²) in [4.78, 5) is 0. The predicted octanol–water partition coefficient (Wildman–Crippen LogP) is 22.1. The van der Waals surface area contributed by atoms with Gasteiger partial charge in [0.15, 0.2) is 0 Å². The molecule has 2 aliphatic carbocycles. The first-order valence-corrected chi connectivity index (χ1v) is 29.2. The highest BCUT2D eigenvalue weighted by Crippen LogP contribution is 2.58. The van der Waals surface area contributed by atoms with Crippen molar-refractivity contribution in [1.82, 2.24) is 0 Å². The summed E-state index contributed by atoms with van der Waals surface area (Å²) in [6, 6.07) is 57.9. The van der Waals surface area contributed by atoms with Crippen molar-refractivity contribution in [3.8, 4) is 44.5 Å². The fraction of sp³-hybridized carbons (Fsp3) is 0.371. The molecule has 8 aromatic carbocycles. The molecule has 0 saturated heterocycles. The predicted molar refractivity (Wildman–Crippen MR) is 313 cm³/mol. The Morgan fingerprint density at radius 1 is 0.296 bits per heavy atom. The zero-order valence-electron chi connectivity index (χ0n) is 43.4. The molecule has 2 aliphatic rings. The lowest BCUT2D eigenvalue weighted by molar-refractivity contribution is 0.401. The van der Waals surface area contributed by atoms with Gasteiger partial charge in [-0.3, -0.25) is 0 Å². The molecule has 0 nitrogen and oxygen atoms in total. The molecule has 11 rings (SSSR count). The topological polar surface area (TPSA) is 0 Å². The standard InChI is InChI=1S/C70H76S/c1-5-9-13-25-41-69(42-26-14-10-6-2)61-35-23-21-31-53(61)55-39-37-49(45-63(55)69)59-47-65-67(57-33-19-17-29-51(57)59)68-58-34-20-18-30-52(58)60(48-66(68)71-65)50-38-40-56-54-32-22-24-36-62(54)70(64(56)46-50,43-27-15-11-7-3)44-28-16-12-8-4/h17-24,29-40,45-48H,5-16,25-28,41-44H2,1-4H3. The second-order valence-corrected chi connectivity index (χ2v) is 22.9. The van der Waals surface area contributed by atoms with Crippen LogP contribution in [0.15, 0.2) is 146 Å². The van der Waals surface area contributed by atoms with Gasteiger partial charge in [-0.05, 0) is 138 Å². The van der Waals surface area contributed by atoms with Gasteiger partial charge in [0.25, 0.3) is 0 Å². The lowest BCUT2D eigenvalue weighted by Crippen LogP contribution is -2.25. The summed E-state index contributed by atoms with van der Waals surface area (Å²) in [5.41, 5.74) is 17.7. The third kappa shape index (κ3) is 8.47.